The minimum Gasteiger partial charge on any atom is -0.491 e. The molecule has 1 aromatic heterocycles. The van der Waals surface area contributed by atoms with Gasteiger partial charge in [0.15, 0.2) is 0 Å². The summed E-state index contributed by atoms with van der Waals surface area (Å²) in [6.45, 7) is 6.09. The molecule has 0 radical (unpaired) electrons. The molecule has 0 saturated carbocycles. The van der Waals surface area contributed by atoms with Gasteiger partial charge in [0.25, 0.3) is 11.8 Å². The molecule has 10 heteroatoms. The molecule has 1 aliphatic rings. The molecule has 1 N–H and O–H groups in total. The molecule has 1 aromatic carbocycles. The summed E-state index contributed by atoms with van der Waals surface area (Å²) in [7, 11) is 3.30. The first-order valence-corrected chi connectivity index (χ1v) is 11.1. The number of aromatic nitrogens is 2. The molecule has 34 heavy (non-hydrogen) atoms. The number of rotatable bonds is 3. The quantitative estimate of drug-likeness (QED) is 0.732. The first-order chi connectivity index (χ1) is 16.2. The summed E-state index contributed by atoms with van der Waals surface area (Å²) in [6, 6.07) is 4.56. The SMILES string of the molecule is CO[C@H]1CN(C)C(=O)c2ccc(NC(C)=O)cc2OC[C@@H](C)N(C(=O)c2cnccn2)C[C@@H]1C. The molecule has 1 aliphatic heterocycles. The number of methoxy groups -OCH3 is 1. The Morgan fingerprint density at radius 2 is 1.97 bits per heavy atom. The summed E-state index contributed by atoms with van der Waals surface area (Å²) in [4.78, 5) is 49.5. The van der Waals surface area contributed by atoms with E-state index in [1.54, 1.807) is 42.2 Å². The largest absolute Gasteiger partial charge is 0.491 e. The van der Waals surface area contributed by atoms with Crippen molar-refractivity contribution in [3.05, 3.63) is 48.0 Å². The first kappa shape index (κ1) is 25.1. The molecule has 3 rings (SSSR count). The number of fused-ring (bicyclic) bond motifs is 1. The van der Waals surface area contributed by atoms with E-state index in [9.17, 15) is 14.4 Å². The Hall–Kier alpha value is -3.53. The number of hydrogen-bond acceptors (Lipinski definition) is 7. The summed E-state index contributed by atoms with van der Waals surface area (Å²) in [5, 5.41) is 2.71. The van der Waals surface area contributed by atoms with E-state index in [4.69, 9.17) is 9.47 Å². The van der Waals surface area contributed by atoms with Crippen molar-refractivity contribution in [3.63, 3.8) is 0 Å². The monoisotopic (exact) mass is 469 g/mol. The van der Waals surface area contributed by atoms with Gasteiger partial charge in [0.2, 0.25) is 5.91 Å². The predicted molar refractivity (Wildman–Crippen MR) is 126 cm³/mol. The maximum Gasteiger partial charge on any atom is 0.274 e. The Kier molecular flexibility index (Phi) is 8.17. The molecule has 10 nitrogen and oxygen atoms in total. The highest BCUT2D eigenvalue weighted by Crippen LogP contribution is 2.27. The van der Waals surface area contributed by atoms with Gasteiger partial charge in [-0.05, 0) is 19.1 Å². The van der Waals surface area contributed by atoms with Crippen molar-refractivity contribution in [1.29, 1.82) is 0 Å². The highest BCUT2D eigenvalue weighted by atomic mass is 16.5. The van der Waals surface area contributed by atoms with Crippen LogP contribution in [-0.2, 0) is 9.53 Å². The topological polar surface area (TPSA) is 114 Å². The Bertz CT molecular complexity index is 1030. The minimum atomic E-state index is -0.348. The third-order valence-corrected chi connectivity index (χ3v) is 5.81. The van der Waals surface area contributed by atoms with E-state index in [0.717, 1.165) is 0 Å². The second-order valence-electron chi connectivity index (χ2n) is 8.54. The van der Waals surface area contributed by atoms with Crippen molar-refractivity contribution in [1.82, 2.24) is 19.8 Å². The van der Waals surface area contributed by atoms with E-state index in [-0.39, 0.29) is 48.1 Å². The normalized spacial score (nSPS) is 21.6. The summed E-state index contributed by atoms with van der Waals surface area (Å²) in [5.41, 5.74) is 1.11. The Morgan fingerprint density at radius 1 is 1.21 bits per heavy atom. The van der Waals surface area contributed by atoms with Crippen molar-refractivity contribution in [3.8, 4) is 5.75 Å². The van der Waals surface area contributed by atoms with Gasteiger partial charge in [-0.3, -0.25) is 19.4 Å². The zero-order chi connectivity index (χ0) is 24.8. The smallest absolute Gasteiger partial charge is 0.274 e. The van der Waals surface area contributed by atoms with Crippen LogP contribution in [0.15, 0.2) is 36.8 Å². The molecule has 2 aromatic rings. The minimum absolute atomic E-state index is 0.0793. The summed E-state index contributed by atoms with van der Waals surface area (Å²) in [6.07, 6.45) is 4.12. The Morgan fingerprint density at radius 3 is 2.62 bits per heavy atom. The van der Waals surface area contributed by atoms with Gasteiger partial charge in [0.1, 0.15) is 18.1 Å². The number of likely N-dealkylation sites (N-methyl/N-ethyl adjacent to an activating group) is 1. The predicted octanol–water partition coefficient (Wildman–Crippen LogP) is 2.08. The third-order valence-electron chi connectivity index (χ3n) is 5.81. The number of carbonyl (C=O) groups excluding carboxylic acids is 3. The molecule has 0 saturated heterocycles. The van der Waals surface area contributed by atoms with E-state index in [2.05, 4.69) is 15.3 Å². The van der Waals surface area contributed by atoms with Gasteiger partial charge in [-0.25, -0.2) is 4.98 Å². The average molecular weight is 470 g/mol. The van der Waals surface area contributed by atoms with Crippen LogP contribution in [0.1, 0.15) is 41.6 Å². The van der Waals surface area contributed by atoms with E-state index in [0.29, 0.717) is 30.1 Å². The highest BCUT2D eigenvalue weighted by Gasteiger charge is 2.31. The fourth-order valence-corrected chi connectivity index (χ4v) is 3.89. The van der Waals surface area contributed by atoms with Crippen molar-refractivity contribution in [2.45, 2.75) is 32.9 Å². The molecule has 0 fully saturated rings. The van der Waals surface area contributed by atoms with Crippen LogP contribution < -0.4 is 10.1 Å². The molecule has 182 valence electrons. The van der Waals surface area contributed by atoms with Crippen LogP contribution in [0.5, 0.6) is 5.75 Å². The van der Waals surface area contributed by atoms with E-state index in [1.165, 1.54) is 25.5 Å². The molecular formula is C24H31N5O5. The van der Waals surface area contributed by atoms with Crippen LogP contribution in [0.4, 0.5) is 5.69 Å². The number of amides is 3. The van der Waals surface area contributed by atoms with Gasteiger partial charge >= 0.3 is 0 Å². The van der Waals surface area contributed by atoms with Crippen LogP contribution in [0, 0.1) is 5.92 Å². The standard InChI is InChI=1S/C24H31N5O5/c1-15-12-29(24(32)20-11-25-8-9-26-20)16(2)14-34-21-10-18(27-17(3)30)6-7-19(21)23(31)28(4)13-22(15)33-5/h6-11,15-16,22H,12-14H2,1-5H3,(H,27,30)/t15-,16+,22-/m0/s1. The van der Waals surface area contributed by atoms with Crippen molar-refractivity contribution < 1.29 is 23.9 Å². The molecule has 0 spiro atoms. The summed E-state index contributed by atoms with van der Waals surface area (Å²) in [5.74, 6) is -0.477. The van der Waals surface area contributed by atoms with Crippen LogP contribution in [0.25, 0.3) is 0 Å². The van der Waals surface area contributed by atoms with Crippen molar-refractivity contribution >= 4 is 23.4 Å². The number of carbonyl (C=O) groups is 3. The summed E-state index contributed by atoms with van der Waals surface area (Å²) < 4.78 is 11.8. The number of nitrogens with zero attached hydrogens (tertiary/aromatic N) is 4. The lowest BCUT2D eigenvalue weighted by atomic mass is 10.0. The molecule has 0 bridgehead atoms. The van der Waals surface area contributed by atoms with Gasteiger partial charge in [-0.1, -0.05) is 6.92 Å². The maximum absolute atomic E-state index is 13.3. The van der Waals surface area contributed by atoms with Gasteiger partial charge in [-0.15, -0.1) is 0 Å². The van der Waals surface area contributed by atoms with Crippen LogP contribution in [0.2, 0.25) is 0 Å². The molecule has 3 amide bonds. The number of ether oxygens (including phenoxy) is 2. The van der Waals surface area contributed by atoms with Gasteiger partial charge in [-0.2, -0.15) is 0 Å². The first-order valence-electron chi connectivity index (χ1n) is 11.1. The second-order valence-corrected chi connectivity index (χ2v) is 8.54. The fourth-order valence-electron chi connectivity index (χ4n) is 3.89. The average Bonchev–Trinajstić information content (AvgIpc) is 2.82. The van der Waals surface area contributed by atoms with Gasteiger partial charge in [0.05, 0.1) is 23.9 Å². The number of benzene rings is 1. The van der Waals surface area contributed by atoms with Crippen LogP contribution in [0.3, 0.4) is 0 Å². The Balaban J connectivity index is 2.00. The molecule has 0 unspecified atom stereocenters. The van der Waals surface area contributed by atoms with E-state index < -0.39 is 0 Å². The van der Waals surface area contributed by atoms with Gasteiger partial charge < -0.3 is 24.6 Å². The zero-order valence-corrected chi connectivity index (χ0v) is 20.1. The lowest BCUT2D eigenvalue weighted by Crippen LogP contribution is -2.48. The van der Waals surface area contributed by atoms with Crippen molar-refractivity contribution in [2.75, 3.05) is 39.2 Å². The molecular weight excluding hydrogens is 438 g/mol. The van der Waals surface area contributed by atoms with Crippen molar-refractivity contribution in [2.24, 2.45) is 5.92 Å². The lowest BCUT2D eigenvalue weighted by Gasteiger charge is -2.35. The molecule has 2 heterocycles. The highest BCUT2D eigenvalue weighted by molar-refractivity contribution is 5.98. The molecule has 0 aliphatic carbocycles. The fraction of sp³-hybridized carbons (Fsp3) is 0.458. The zero-order valence-electron chi connectivity index (χ0n) is 20.1. The second kappa shape index (κ2) is 11.1. The Labute approximate surface area is 199 Å². The third kappa shape index (κ3) is 5.88. The van der Waals surface area contributed by atoms with Crippen LogP contribution >= 0.6 is 0 Å². The number of nitrogens with one attached hydrogen (secondary N) is 1. The number of anilines is 1. The van der Waals surface area contributed by atoms with E-state index in [1.807, 2.05) is 13.8 Å². The summed E-state index contributed by atoms with van der Waals surface area (Å²) >= 11 is 0. The van der Waals surface area contributed by atoms with Gasteiger partial charge in [0, 0.05) is 64.2 Å². The van der Waals surface area contributed by atoms with Crippen LogP contribution in [-0.4, -0.2) is 83.5 Å². The number of hydrogen-bond donors (Lipinski definition) is 1. The van der Waals surface area contributed by atoms with E-state index >= 15 is 0 Å². The molecule has 3 atom stereocenters. The maximum atomic E-state index is 13.3. The lowest BCUT2D eigenvalue weighted by molar-refractivity contribution is -0.114.